The van der Waals surface area contributed by atoms with Gasteiger partial charge in [0.2, 0.25) is 5.91 Å². The number of benzene rings is 2. The van der Waals surface area contributed by atoms with Crippen LogP contribution in [0.5, 0.6) is 11.5 Å². The molecule has 0 unspecified atom stereocenters. The molecule has 166 valence electrons. The minimum absolute atomic E-state index is 0.0545. The van der Waals surface area contributed by atoms with Crippen molar-refractivity contribution in [3.8, 4) is 11.5 Å². The number of ether oxygens (including phenoxy) is 1. The van der Waals surface area contributed by atoms with Crippen LogP contribution in [0.15, 0.2) is 48.5 Å². The first-order valence-electron chi connectivity index (χ1n) is 10.9. The molecule has 31 heavy (non-hydrogen) atoms. The molecule has 1 aliphatic carbocycles. The van der Waals surface area contributed by atoms with Crippen molar-refractivity contribution in [3.05, 3.63) is 59.9 Å². The minimum Gasteiger partial charge on any atom is -0.457 e. The molecule has 0 spiro atoms. The van der Waals surface area contributed by atoms with E-state index in [1.54, 1.807) is 24.3 Å². The van der Waals surface area contributed by atoms with Gasteiger partial charge in [0.25, 0.3) is 0 Å². The summed E-state index contributed by atoms with van der Waals surface area (Å²) in [7, 11) is 0. The quantitative estimate of drug-likeness (QED) is 0.510. The molecule has 0 aliphatic heterocycles. The molecule has 3 rings (SSSR count). The number of hydrogen-bond donors (Lipinski definition) is 3. The number of amides is 3. The fraction of sp³-hybridized carbons (Fsp3) is 0.417. The maximum atomic E-state index is 12.9. The third kappa shape index (κ3) is 8.28. The molecule has 0 heterocycles. The maximum Gasteiger partial charge on any atom is 0.315 e. The van der Waals surface area contributed by atoms with Crippen molar-refractivity contribution in [2.75, 3.05) is 6.54 Å². The number of hydrogen-bond acceptors (Lipinski definition) is 3. The Morgan fingerprint density at radius 1 is 0.903 bits per heavy atom. The smallest absolute Gasteiger partial charge is 0.315 e. The summed E-state index contributed by atoms with van der Waals surface area (Å²) >= 11 is 0. The van der Waals surface area contributed by atoms with Crippen molar-refractivity contribution in [2.24, 2.45) is 0 Å². The maximum absolute atomic E-state index is 12.9. The van der Waals surface area contributed by atoms with E-state index in [-0.39, 0.29) is 23.8 Å². The lowest BCUT2D eigenvalue weighted by Gasteiger charge is -2.22. The predicted molar refractivity (Wildman–Crippen MR) is 117 cm³/mol. The van der Waals surface area contributed by atoms with Crippen LogP contribution in [0.1, 0.15) is 50.5 Å². The molecule has 6 nitrogen and oxygen atoms in total. The summed E-state index contributed by atoms with van der Waals surface area (Å²) in [6, 6.07) is 13.3. The minimum atomic E-state index is -0.308. The average molecular weight is 428 g/mol. The molecule has 3 amide bonds. The Bertz CT molecular complexity index is 834. The summed E-state index contributed by atoms with van der Waals surface area (Å²) in [5.41, 5.74) is 0.949. The van der Waals surface area contributed by atoms with Crippen molar-refractivity contribution in [3.63, 3.8) is 0 Å². The van der Waals surface area contributed by atoms with Gasteiger partial charge in [0, 0.05) is 25.6 Å². The van der Waals surface area contributed by atoms with Crippen molar-refractivity contribution >= 4 is 11.9 Å². The van der Waals surface area contributed by atoms with E-state index < -0.39 is 0 Å². The van der Waals surface area contributed by atoms with E-state index in [0.717, 1.165) is 18.4 Å². The molecule has 3 N–H and O–H groups in total. The SMILES string of the molecule is O=C(CCCNC(=O)NC1CCCCC1)NCc1ccc(Oc2ccc(F)cc2)cc1. The van der Waals surface area contributed by atoms with Crippen LogP contribution in [0.3, 0.4) is 0 Å². The summed E-state index contributed by atoms with van der Waals surface area (Å²) in [4.78, 5) is 23.9. The van der Waals surface area contributed by atoms with E-state index >= 15 is 0 Å². The molecule has 0 bridgehead atoms. The highest BCUT2D eigenvalue weighted by Gasteiger charge is 2.15. The highest BCUT2D eigenvalue weighted by molar-refractivity contribution is 5.76. The van der Waals surface area contributed by atoms with Gasteiger partial charge in [-0.05, 0) is 61.2 Å². The molecule has 0 radical (unpaired) electrons. The molecule has 1 saturated carbocycles. The Hall–Kier alpha value is -3.09. The molecule has 1 fully saturated rings. The van der Waals surface area contributed by atoms with Crippen LogP contribution >= 0.6 is 0 Å². The van der Waals surface area contributed by atoms with Gasteiger partial charge in [-0.15, -0.1) is 0 Å². The highest BCUT2D eigenvalue weighted by atomic mass is 19.1. The number of carbonyl (C=O) groups excluding carboxylic acids is 2. The Morgan fingerprint density at radius 2 is 1.55 bits per heavy atom. The third-order valence-electron chi connectivity index (χ3n) is 5.27. The Labute approximate surface area is 182 Å². The van der Waals surface area contributed by atoms with Gasteiger partial charge in [-0.25, -0.2) is 9.18 Å². The van der Waals surface area contributed by atoms with Gasteiger partial charge in [0.05, 0.1) is 0 Å². The monoisotopic (exact) mass is 427 g/mol. The molecular formula is C24H30FN3O3. The van der Waals surface area contributed by atoms with E-state index in [4.69, 9.17) is 4.74 Å². The van der Waals surface area contributed by atoms with E-state index in [1.165, 1.54) is 31.4 Å². The first-order chi connectivity index (χ1) is 15.1. The van der Waals surface area contributed by atoms with Gasteiger partial charge in [-0.3, -0.25) is 4.79 Å². The topological polar surface area (TPSA) is 79.5 Å². The van der Waals surface area contributed by atoms with Gasteiger partial charge < -0.3 is 20.7 Å². The Kier molecular flexibility index (Phi) is 8.70. The number of nitrogens with one attached hydrogen (secondary N) is 3. The molecule has 2 aromatic rings. The molecule has 0 saturated heterocycles. The van der Waals surface area contributed by atoms with Crippen molar-refractivity contribution in [1.82, 2.24) is 16.0 Å². The second-order valence-electron chi connectivity index (χ2n) is 7.82. The lowest BCUT2D eigenvalue weighted by molar-refractivity contribution is -0.121. The van der Waals surface area contributed by atoms with Gasteiger partial charge in [0.15, 0.2) is 0 Å². The van der Waals surface area contributed by atoms with Gasteiger partial charge in [-0.2, -0.15) is 0 Å². The summed E-state index contributed by atoms with van der Waals surface area (Å²) in [6.45, 7) is 0.895. The van der Waals surface area contributed by atoms with Gasteiger partial charge in [-0.1, -0.05) is 31.4 Å². The van der Waals surface area contributed by atoms with E-state index in [9.17, 15) is 14.0 Å². The van der Waals surface area contributed by atoms with E-state index in [1.807, 2.05) is 12.1 Å². The number of carbonyl (C=O) groups is 2. The van der Waals surface area contributed by atoms with Crippen molar-refractivity contribution in [2.45, 2.75) is 57.5 Å². The molecule has 1 aliphatic rings. The molecule has 0 atom stereocenters. The summed E-state index contributed by atoms with van der Waals surface area (Å²) in [5.74, 6) is 0.834. The lowest BCUT2D eigenvalue weighted by atomic mass is 9.96. The van der Waals surface area contributed by atoms with Crippen molar-refractivity contribution < 1.29 is 18.7 Å². The van der Waals surface area contributed by atoms with Crippen LogP contribution in [0.2, 0.25) is 0 Å². The zero-order chi connectivity index (χ0) is 21.9. The molecule has 0 aromatic heterocycles. The third-order valence-corrected chi connectivity index (χ3v) is 5.27. The van der Waals surface area contributed by atoms with Crippen LogP contribution in [0, 0.1) is 5.82 Å². The molecule has 7 heteroatoms. The van der Waals surface area contributed by atoms with Crippen LogP contribution < -0.4 is 20.7 Å². The Balaban J connectivity index is 1.28. The average Bonchev–Trinajstić information content (AvgIpc) is 2.78. The molecular weight excluding hydrogens is 397 g/mol. The van der Waals surface area contributed by atoms with Gasteiger partial charge in [0.1, 0.15) is 17.3 Å². The lowest BCUT2D eigenvalue weighted by Crippen LogP contribution is -2.43. The largest absolute Gasteiger partial charge is 0.457 e. The van der Waals surface area contributed by atoms with Crippen LogP contribution in [0.4, 0.5) is 9.18 Å². The molecule has 2 aromatic carbocycles. The first-order valence-corrected chi connectivity index (χ1v) is 10.9. The second kappa shape index (κ2) is 11.9. The van der Waals surface area contributed by atoms with Crippen LogP contribution in [-0.2, 0) is 11.3 Å². The number of urea groups is 1. The zero-order valence-electron chi connectivity index (χ0n) is 17.7. The van der Waals surface area contributed by atoms with E-state index in [0.29, 0.717) is 37.4 Å². The normalized spacial score (nSPS) is 14.0. The zero-order valence-corrected chi connectivity index (χ0v) is 17.7. The fourth-order valence-electron chi connectivity index (χ4n) is 3.54. The van der Waals surface area contributed by atoms with Gasteiger partial charge >= 0.3 is 6.03 Å². The second-order valence-corrected chi connectivity index (χ2v) is 7.82. The standard InChI is InChI=1S/C24H30FN3O3/c25-19-10-14-22(15-11-19)31-21-12-8-18(9-13-21)17-27-23(29)7-4-16-26-24(30)28-20-5-2-1-3-6-20/h8-15,20H,1-7,16-17H2,(H,27,29)(H2,26,28,30). The summed E-state index contributed by atoms with van der Waals surface area (Å²) in [5, 5.41) is 8.70. The predicted octanol–water partition coefficient (Wildman–Crippen LogP) is 4.65. The Morgan fingerprint density at radius 3 is 2.23 bits per heavy atom. The van der Waals surface area contributed by atoms with Crippen LogP contribution in [-0.4, -0.2) is 24.5 Å². The van der Waals surface area contributed by atoms with Crippen LogP contribution in [0.25, 0.3) is 0 Å². The highest BCUT2D eigenvalue weighted by Crippen LogP contribution is 2.22. The summed E-state index contributed by atoms with van der Waals surface area (Å²) in [6.07, 6.45) is 6.65. The summed E-state index contributed by atoms with van der Waals surface area (Å²) < 4.78 is 18.6. The van der Waals surface area contributed by atoms with E-state index in [2.05, 4.69) is 16.0 Å². The fourth-order valence-corrected chi connectivity index (χ4v) is 3.54. The number of halogens is 1. The number of rotatable bonds is 9. The van der Waals surface area contributed by atoms with Crippen molar-refractivity contribution in [1.29, 1.82) is 0 Å². The first kappa shape index (κ1) is 22.6.